The summed E-state index contributed by atoms with van der Waals surface area (Å²) in [6.07, 6.45) is 2.37. The van der Waals surface area contributed by atoms with Crippen molar-refractivity contribution in [2.75, 3.05) is 19.6 Å². The van der Waals surface area contributed by atoms with E-state index in [1.807, 2.05) is 30.5 Å². The third kappa shape index (κ3) is 4.01. The molecule has 4 nitrogen and oxygen atoms in total. The molecule has 1 fully saturated rings. The summed E-state index contributed by atoms with van der Waals surface area (Å²) >= 11 is 1.69. The number of thiophene rings is 1. The SMILES string of the molecule is Cc1ccc(S(=O)(=O)NCC(c2cccs2)N2CCCC2)cc1. The van der Waals surface area contributed by atoms with Gasteiger partial charge < -0.3 is 0 Å². The van der Waals surface area contributed by atoms with Gasteiger partial charge in [0.05, 0.1) is 10.9 Å². The van der Waals surface area contributed by atoms with Gasteiger partial charge in [0.15, 0.2) is 0 Å². The maximum absolute atomic E-state index is 12.5. The Kier molecular flexibility index (Phi) is 5.16. The van der Waals surface area contributed by atoms with Gasteiger partial charge in [-0.2, -0.15) is 0 Å². The zero-order valence-electron chi connectivity index (χ0n) is 13.2. The second kappa shape index (κ2) is 7.13. The molecule has 0 aliphatic carbocycles. The van der Waals surface area contributed by atoms with E-state index in [2.05, 4.69) is 15.7 Å². The number of aryl methyl sites for hydroxylation is 1. The molecule has 1 unspecified atom stereocenters. The Labute approximate surface area is 142 Å². The number of likely N-dealkylation sites (tertiary alicyclic amines) is 1. The minimum atomic E-state index is -3.46. The Bertz CT molecular complexity index is 718. The van der Waals surface area contributed by atoms with Crippen LogP contribution in [0.1, 0.15) is 29.3 Å². The monoisotopic (exact) mass is 350 g/mol. The van der Waals surface area contributed by atoms with Crippen LogP contribution in [0.4, 0.5) is 0 Å². The van der Waals surface area contributed by atoms with Crippen molar-refractivity contribution in [3.63, 3.8) is 0 Å². The molecule has 1 saturated heterocycles. The molecule has 1 aromatic heterocycles. The molecule has 1 aromatic carbocycles. The first-order valence-electron chi connectivity index (χ1n) is 7.90. The molecule has 0 amide bonds. The minimum Gasteiger partial charge on any atom is -0.294 e. The number of hydrogen-bond acceptors (Lipinski definition) is 4. The van der Waals surface area contributed by atoms with Gasteiger partial charge in [-0.3, -0.25) is 4.90 Å². The topological polar surface area (TPSA) is 49.4 Å². The Morgan fingerprint density at radius 2 is 1.87 bits per heavy atom. The second-order valence-electron chi connectivity index (χ2n) is 5.94. The molecule has 23 heavy (non-hydrogen) atoms. The van der Waals surface area contributed by atoms with Crippen molar-refractivity contribution in [1.82, 2.24) is 9.62 Å². The number of hydrogen-bond donors (Lipinski definition) is 1. The molecule has 2 heterocycles. The van der Waals surface area contributed by atoms with E-state index in [4.69, 9.17) is 0 Å². The molecule has 124 valence electrons. The van der Waals surface area contributed by atoms with E-state index in [1.165, 1.54) is 17.7 Å². The highest BCUT2D eigenvalue weighted by molar-refractivity contribution is 7.89. The van der Waals surface area contributed by atoms with Crippen LogP contribution in [0, 0.1) is 6.92 Å². The summed E-state index contributed by atoms with van der Waals surface area (Å²) in [4.78, 5) is 3.93. The molecule has 2 aromatic rings. The normalized spacial score (nSPS) is 17.4. The number of nitrogens with zero attached hydrogens (tertiary/aromatic N) is 1. The van der Waals surface area contributed by atoms with Gasteiger partial charge in [-0.25, -0.2) is 13.1 Å². The summed E-state index contributed by atoms with van der Waals surface area (Å²) in [5.74, 6) is 0. The quantitative estimate of drug-likeness (QED) is 0.870. The summed E-state index contributed by atoms with van der Waals surface area (Å²) in [7, 11) is -3.46. The van der Waals surface area contributed by atoms with Crippen LogP contribution >= 0.6 is 11.3 Å². The van der Waals surface area contributed by atoms with Crippen LogP contribution < -0.4 is 4.72 Å². The smallest absolute Gasteiger partial charge is 0.240 e. The van der Waals surface area contributed by atoms with Crippen molar-refractivity contribution in [3.05, 3.63) is 52.2 Å². The van der Waals surface area contributed by atoms with E-state index >= 15 is 0 Å². The van der Waals surface area contributed by atoms with Gasteiger partial charge >= 0.3 is 0 Å². The largest absolute Gasteiger partial charge is 0.294 e. The van der Waals surface area contributed by atoms with Crippen molar-refractivity contribution in [1.29, 1.82) is 0 Å². The predicted octanol–water partition coefficient (Wildman–Crippen LogP) is 3.17. The van der Waals surface area contributed by atoms with Crippen molar-refractivity contribution in [2.24, 2.45) is 0 Å². The molecule has 0 spiro atoms. The fourth-order valence-electron chi connectivity index (χ4n) is 2.93. The van der Waals surface area contributed by atoms with Crippen LogP contribution in [0.2, 0.25) is 0 Å². The average molecular weight is 351 g/mol. The fourth-order valence-corrected chi connectivity index (χ4v) is 4.83. The highest BCUT2D eigenvalue weighted by Crippen LogP contribution is 2.28. The third-order valence-electron chi connectivity index (χ3n) is 4.25. The van der Waals surface area contributed by atoms with Crippen molar-refractivity contribution in [2.45, 2.75) is 30.7 Å². The van der Waals surface area contributed by atoms with Crippen LogP contribution in [-0.4, -0.2) is 33.0 Å². The van der Waals surface area contributed by atoms with Crippen LogP contribution in [0.3, 0.4) is 0 Å². The van der Waals surface area contributed by atoms with E-state index in [0.29, 0.717) is 11.4 Å². The van der Waals surface area contributed by atoms with Gasteiger partial charge in [0.1, 0.15) is 0 Å². The molecule has 0 saturated carbocycles. The Morgan fingerprint density at radius 3 is 2.48 bits per heavy atom. The van der Waals surface area contributed by atoms with Gasteiger partial charge in [-0.15, -0.1) is 11.3 Å². The van der Waals surface area contributed by atoms with Gasteiger partial charge in [-0.1, -0.05) is 23.8 Å². The van der Waals surface area contributed by atoms with Crippen LogP contribution in [0.5, 0.6) is 0 Å². The molecule has 1 N–H and O–H groups in total. The van der Waals surface area contributed by atoms with Crippen molar-refractivity contribution in [3.8, 4) is 0 Å². The lowest BCUT2D eigenvalue weighted by Crippen LogP contribution is -2.36. The second-order valence-corrected chi connectivity index (χ2v) is 8.69. The van der Waals surface area contributed by atoms with E-state index in [1.54, 1.807) is 23.5 Å². The lowest BCUT2D eigenvalue weighted by molar-refractivity contribution is 0.250. The molecule has 1 atom stereocenters. The van der Waals surface area contributed by atoms with E-state index in [9.17, 15) is 8.42 Å². The van der Waals surface area contributed by atoms with Crippen LogP contribution in [0.15, 0.2) is 46.7 Å². The number of benzene rings is 1. The summed E-state index contributed by atoms with van der Waals surface area (Å²) < 4.78 is 27.8. The number of sulfonamides is 1. The molecule has 3 rings (SSSR count). The minimum absolute atomic E-state index is 0.123. The predicted molar refractivity (Wildman–Crippen MR) is 94.2 cm³/mol. The maximum atomic E-state index is 12.5. The van der Waals surface area contributed by atoms with E-state index in [0.717, 1.165) is 18.7 Å². The van der Waals surface area contributed by atoms with E-state index < -0.39 is 10.0 Å². The lowest BCUT2D eigenvalue weighted by Gasteiger charge is -2.26. The number of nitrogens with one attached hydrogen (secondary N) is 1. The van der Waals surface area contributed by atoms with Crippen LogP contribution in [0.25, 0.3) is 0 Å². The summed E-state index contributed by atoms with van der Waals surface area (Å²) in [5, 5.41) is 2.05. The molecule has 6 heteroatoms. The first-order valence-corrected chi connectivity index (χ1v) is 10.3. The average Bonchev–Trinajstić information content (AvgIpc) is 3.21. The first-order chi connectivity index (χ1) is 11.1. The fraction of sp³-hybridized carbons (Fsp3) is 0.412. The highest BCUT2D eigenvalue weighted by atomic mass is 32.2. The van der Waals surface area contributed by atoms with Gasteiger partial charge in [0.25, 0.3) is 0 Å². The molecule has 0 radical (unpaired) electrons. The third-order valence-corrected chi connectivity index (χ3v) is 6.66. The molecular weight excluding hydrogens is 328 g/mol. The molecule has 1 aliphatic heterocycles. The summed E-state index contributed by atoms with van der Waals surface area (Å²) in [6.45, 7) is 4.43. The van der Waals surface area contributed by atoms with Crippen molar-refractivity contribution >= 4 is 21.4 Å². The first kappa shape index (κ1) is 16.6. The highest BCUT2D eigenvalue weighted by Gasteiger charge is 2.26. The van der Waals surface area contributed by atoms with E-state index in [-0.39, 0.29) is 6.04 Å². The standard InChI is InChI=1S/C17H22N2O2S2/c1-14-6-8-15(9-7-14)23(20,21)18-13-16(17-5-4-12-22-17)19-10-2-3-11-19/h4-9,12,16,18H,2-3,10-11,13H2,1H3. The van der Waals surface area contributed by atoms with Crippen LogP contribution in [-0.2, 0) is 10.0 Å². The zero-order valence-corrected chi connectivity index (χ0v) is 14.9. The lowest BCUT2D eigenvalue weighted by atomic mass is 10.2. The Hall–Kier alpha value is -1.21. The summed E-state index contributed by atoms with van der Waals surface area (Å²) in [6, 6.07) is 11.2. The summed E-state index contributed by atoms with van der Waals surface area (Å²) in [5.41, 5.74) is 1.05. The number of rotatable bonds is 6. The van der Waals surface area contributed by atoms with Gasteiger partial charge in [0.2, 0.25) is 10.0 Å². The molecule has 0 bridgehead atoms. The Morgan fingerprint density at radius 1 is 1.17 bits per heavy atom. The molecule has 1 aliphatic rings. The zero-order chi connectivity index (χ0) is 16.3. The maximum Gasteiger partial charge on any atom is 0.240 e. The van der Waals surface area contributed by atoms with Crippen molar-refractivity contribution < 1.29 is 8.42 Å². The Balaban J connectivity index is 1.74. The van der Waals surface area contributed by atoms with Gasteiger partial charge in [-0.05, 0) is 56.4 Å². The van der Waals surface area contributed by atoms with Gasteiger partial charge in [0, 0.05) is 11.4 Å². The molecular formula is C17H22N2O2S2.